The number of thiazole rings is 3. The molecule has 9 aromatic carbocycles. The van der Waals surface area contributed by atoms with Crippen LogP contribution in [-0.2, 0) is 44.5 Å². The Morgan fingerprint density at radius 2 is 0.744 bits per heavy atom. The Hall–Kier alpha value is -9.57. The summed E-state index contributed by atoms with van der Waals surface area (Å²) >= 11 is 23.6. The summed E-state index contributed by atoms with van der Waals surface area (Å²) in [7, 11) is 6.55. The van der Waals surface area contributed by atoms with Crippen molar-refractivity contribution in [2.75, 3.05) is 79.4 Å². The maximum absolute atomic E-state index is 13.4. The molecule has 0 amide bonds. The highest BCUT2D eigenvalue weighted by molar-refractivity contribution is 7.23. The molecular weight excluding hydrogens is 1740 g/mol. The van der Waals surface area contributed by atoms with E-state index in [2.05, 4.69) is 106 Å². The van der Waals surface area contributed by atoms with Gasteiger partial charge >= 0.3 is 17.9 Å². The van der Waals surface area contributed by atoms with E-state index in [0.717, 1.165) is 223 Å². The number of ether oxygens (including phenoxy) is 5. The lowest BCUT2D eigenvalue weighted by atomic mass is 9.89. The molecule has 0 radical (unpaired) electrons. The van der Waals surface area contributed by atoms with Crippen molar-refractivity contribution in [1.29, 1.82) is 0 Å². The molecule has 0 saturated carbocycles. The standard InChI is InChI=1S/C35H39ClN4O3S.C35H42ClN3O3S.C33H35ClN4O3S/c1-7-42-34(41)31(43-35(3,4)5)29-21(2)18-27-32(30(29)22-8-11-24(36)12-9-22)44-33(38-27)23-10-13-28-26(19-23)37-20-40(28)25-14-16-39(6)17-15-25;1-7-41-34(40)31(42-35(3,4)5)29-21(2)18-28-32(30(29)23-10-12-26(36)13-11-23)43-33(38-28)25-9-8-24(27(37)20-25)19-22-14-16-39(6)17-15-22;1-19-16-25-30(28(20-6-9-22(34)10-7-20)27(19)29(32(39)40)41-33(2,3)4)42-31(36-25)21-8-11-26-24(17-21)35-18-38(26)23-12-14-37(5)15-13-23/h8-13,18-20,25,31H,7,14-17H2,1-6H3;8-13,18,20,22,31H,7,14-17,19,37H2,1-6H3;6-11,16-18,23,29H,12-15H2,1-5H3,(H,39,40)/t2*31-;29-/m000/s1. The molecule has 0 unspecified atom stereocenters. The predicted octanol–water partition coefficient (Wildman–Crippen LogP) is 25.3. The maximum Gasteiger partial charge on any atom is 0.339 e. The van der Waals surface area contributed by atoms with Gasteiger partial charge in [0, 0.05) is 82.9 Å². The number of imidazole rings is 2. The monoisotopic (exact) mass is 1850 g/mol. The number of carbonyl (C=O) groups is 3. The fourth-order valence-corrected chi connectivity index (χ4v) is 21.6. The van der Waals surface area contributed by atoms with Gasteiger partial charge < -0.3 is 58.4 Å². The minimum absolute atomic E-state index is 0.264. The van der Waals surface area contributed by atoms with Crippen LogP contribution in [0.1, 0.15) is 184 Å². The SMILES string of the molecule is CCOC(=O)[C@@H](OC(C)(C)C)c1c(C)cc2nc(-c3ccc(CC4CCN(C)CC4)c(N)c3)sc2c1-c1ccc(Cl)cc1.CCOC(=O)[C@@H](OC(C)(C)C)c1c(C)cc2nc(-c3ccc4c(c3)ncn4C3CCN(C)CC3)sc2c1-c1ccc(Cl)cc1.Cc1cc2nc(-c3ccc4c(c3)ncn4C3CCN(C)CC3)sc2c(-c2ccc(Cl)cc2)c1[C@H](OC(C)(C)C)C(=O)O. The average Bonchev–Trinajstić information content (AvgIpc) is 1.65. The lowest BCUT2D eigenvalue weighted by molar-refractivity contribution is -0.167. The number of aryl methyl sites for hydroxylation is 3. The molecule has 3 fully saturated rings. The second kappa shape index (κ2) is 39.5. The third-order valence-corrected chi connectivity index (χ3v) is 28.3. The zero-order valence-electron chi connectivity index (χ0n) is 76.7. The number of halogens is 3. The molecule has 0 aliphatic carbocycles. The van der Waals surface area contributed by atoms with Crippen molar-refractivity contribution in [3.05, 3.63) is 212 Å². The lowest BCUT2D eigenvalue weighted by Gasteiger charge is -2.30. The number of carbonyl (C=O) groups excluding carboxylic acids is 2. The highest BCUT2D eigenvalue weighted by Crippen LogP contribution is 2.50. The van der Waals surface area contributed by atoms with Crippen LogP contribution in [0.15, 0.2) is 158 Å². The average molecular weight is 1850 g/mol. The summed E-state index contributed by atoms with van der Waals surface area (Å²) < 4.78 is 37.6. The van der Waals surface area contributed by atoms with Crippen molar-refractivity contribution >= 4 is 145 Å². The van der Waals surface area contributed by atoms with Crippen molar-refractivity contribution in [1.82, 2.24) is 48.8 Å². The molecule has 676 valence electrons. The van der Waals surface area contributed by atoms with E-state index in [1.165, 1.54) is 18.4 Å². The molecule has 129 heavy (non-hydrogen) atoms. The van der Waals surface area contributed by atoms with Gasteiger partial charge in [-0.3, -0.25) is 0 Å². The molecule has 0 bridgehead atoms. The molecule has 3 N–H and O–H groups in total. The molecule has 14 aromatic rings. The Morgan fingerprint density at radius 1 is 0.434 bits per heavy atom. The van der Waals surface area contributed by atoms with Crippen LogP contribution in [0.4, 0.5) is 5.69 Å². The summed E-state index contributed by atoms with van der Waals surface area (Å²) in [6.45, 7) is 34.0. The number of hydrogen-bond donors (Lipinski definition) is 2. The number of nitrogens with two attached hydrogens (primary N) is 1. The van der Waals surface area contributed by atoms with Gasteiger partial charge in [-0.1, -0.05) is 83.3 Å². The van der Waals surface area contributed by atoms with Gasteiger partial charge in [0.15, 0.2) is 18.3 Å². The minimum atomic E-state index is -1.15. The van der Waals surface area contributed by atoms with Crippen molar-refractivity contribution in [2.45, 2.75) is 189 Å². The lowest BCUT2D eigenvalue weighted by Crippen LogP contribution is -2.31. The zero-order valence-corrected chi connectivity index (χ0v) is 81.4. The largest absolute Gasteiger partial charge is 0.479 e. The van der Waals surface area contributed by atoms with Crippen LogP contribution < -0.4 is 5.73 Å². The van der Waals surface area contributed by atoms with Crippen molar-refractivity contribution < 1.29 is 43.2 Å². The summed E-state index contributed by atoms with van der Waals surface area (Å²) in [5.74, 6) is -1.18. The first kappa shape index (κ1) is 94.1. The van der Waals surface area contributed by atoms with Crippen molar-refractivity contribution in [3.8, 4) is 65.1 Å². The topological polar surface area (TPSA) is 228 Å². The van der Waals surface area contributed by atoms with E-state index >= 15 is 0 Å². The van der Waals surface area contributed by atoms with Gasteiger partial charge in [0.05, 0.1) is 95.4 Å². The second-order valence-corrected chi connectivity index (χ2v) is 41.7. The Morgan fingerprint density at radius 3 is 1.07 bits per heavy atom. The predicted molar refractivity (Wildman–Crippen MR) is 529 cm³/mol. The highest BCUT2D eigenvalue weighted by Gasteiger charge is 2.38. The highest BCUT2D eigenvalue weighted by atomic mass is 35.5. The van der Waals surface area contributed by atoms with Crippen LogP contribution in [0.5, 0.6) is 0 Å². The molecule has 3 aliphatic rings. The van der Waals surface area contributed by atoms with Crippen LogP contribution in [0.2, 0.25) is 15.1 Å². The van der Waals surface area contributed by atoms with Gasteiger partial charge in [0.25, 0.3) is 0 Å². The minimum Gasteiger partial charge on any atom is -0.479 e. The van der Waals surface area contributed by atoms with Crippen LogP contribution in [0.3, 0.4) is 0 Å². The van der Waals surface area contributed by atoms with Crippen molar-refractivity contribution in [2.24, 2.45) is 5.92 Å². The molecule has 3 aliphatic heterocycles. The number of benzene rings is 9. The first-order valence-electron chi connectivity index (χ1n) is 44.5. The molecule has 5 aromatic heterocycles. The fourth-order valence-electron chi connectivity index (χ4n) is 17.9. The van der Waals surface area contributed by atoms with E-state index < -0.39 is 53.0 Å². The number of aromatic nitrogens is 7. The van der Waals surface area contributed by atoms with Gasteiger partial charge in [0.1, 0.15) is 15.0 Å². The number of carboxylic acid groups (broad SMARTS) is 1. The van der Waals surface area contributed by atoms with E-state index in [1.54, 1.807) is 34.0 Å². The van der Waals surface area contributed by atoms with E-state index in [-0.39, 0.29) is 13.2 Å². The first-order chi connectivity index (χ1) is 61.4. The van der Waals surface area contributed by atoms with E-state index in [4.69, 9.17) is 89.1 Å². The number of nitrogens with zero attached hydrogens (tertiary/aromatic N) is 10. The molecule has 8 heterocycles. The number of esters is 2. The van der Waals surface area contributed by atoms with Crippen molar-refractivity contribution in [3.63, 3.8) is 0 Å². The van der Waals surface area contributed by atoms with E-state index in [1.807, 2.05) is 195 Å². The third kappa shape index (κ3) is 21.6. The Kier molecular flexibility index (Phi) is 28.8. The van der Waals surface area contributed by atoms with E-state index in [0.29, 0.717) is 38.6 Å². The molecule has 0 spiro atoms. The molecule has 20 nitrogen and oxygen atoms in total. The normalized spacial score (nSPS) is 15.8. The summed E-state index contributed by atoms with van der Waals surface area (Å²) in [4.78, 5) is 71.4. The molecule has 3 atom stereocenters. The fraction of sp³-hybridized carbons (Fsp3) is 0.398. The van der Waals surface area contributed by atoms with Gasteiger partial charge in [-0.05, 0) is 344 Å². The number of carboxylic acids is 1. The summed E-state index contributed by atoms with van der Waals surface area (Å²) in [6.07, 6.45) is 8.90. The van der Waals surface area contributed by atoms with E-state index in [9.17, 15) is 19.5 Å². The number of fused-ring (bicyclic) bond motifs is 5. The number of likely N-dealkylation sites (tertiary alicyclic amines) is 3. The van der Waals surface area contributed by atoms with Crippen LogP contribution in [0.25, 0.3) is 118 Å². The third-order valence-electron chi connectivity index (χ3n) is 24.2. The molecular formula is C103H116Cl3N11O9S3. The summed E-state index contributed by atoms with van der Waals surface area (Å²) in [5.41, 5.74) is 26.8. The summed E-state index contributed by atoms with van der Waals surface area (Å²) in [6, 6.07) is 49.1. The molecule has 26 heteroatoms. The summed E-state index contributed by atoms with van der Waals surface area (Å²) in [5, 5.41) is 14.9. The molecule has 17 rings (SSSR count). The Bertz CT molecular complexity index is 6420. The zero-order chi connectivity index (χ0) is 91.8. The number of piperidine rings is 3. The Labute approximate surface area is 783 Å². The number of aliphatic carboxylic acids is 1. The Balaban J connectivity index is 0.000000149. The number of nitrogen functional groups attached to an aromatic ring is 1. The number of hydrogen-bond acceptors (Lipinski definition) is 20. The maximum atomic E-state index is 13.4. The van der Waals surface area contributed by atoms with Crippen LogP contribution in [0, 0.1) is 26.7 Å². The van der Waals surface area contributed by atoms with Gasteiger partial charge in [0.2, 0.25) is 0 Å². The quantitative estimate of drug-likeness (QED) is 0.0503. The number of rotatable bonds is 21. The number of anilines is 1. The second-order valence-electron chi connectivity index (χ2n) is 37.4. The molecule has 3 saturated heterocycles. The first-order valence-corrected chi connectivity index (χ1v) is 48.1. The van der Waals surface area contributed by atoms with Crippen LogP contribution in [-0.4, -0.2) is 162 Å². The van der Waals surface area contributed by atoms with Crippen LogP contribution >= 0.6 is 68.8 Å². The van der Waals surface area contributed by atoms with Gasteiger partial charge in [-0.15, -0.1) is 34.0 Å². The smallest absolute Gasteiger partial charge is 0.339 e. The van der Waals surface area contributed by atoms with Gasteiger partial charge in [-0.2, -0.15) is 0 Å². The van der Waals surface area contributed by atoms with Gasteiger partial charge in [-0.25, -0.2) is 39.3 Å².